The summed E-state index contributed by atoms with van der Waals surface area (Å²) in [6, 6.07) is 13.7. The Kier molecular flexibility index (Phi) is 6.83. The molecule has 33 heavy (non-hydrogen) atoms. The molecule has 10 heteroatoms. The van der Waals surface area contributed by atoms with Crippen molar-refractivity contribution in [2.45, 2.75) is 37.7 Å². The zero-order chi connectivity index (χ0) is 23.6. The average Bonchev–Trinajstić information content (AvgIpc) is 3.30. The number of carbonyl (C=O) groups excluding carboxylic acids is 1. The molecule has 8 nitrogen and oxygen atoms in total. The van der Waals surface area contributed by atoms with Gasteiger partial charge < -0.3 is 9.15 Å². The maximum atomic E-state index is 12.8. The maximum absolute atomic E-state index is 12.8. The fraction of sp³-hybridized carbons (Fsp3) is 0.348. The highest BCUT2D eigenvalue weighted by molar-refractivity contribution is 7.89. The Morgan fingerprint density at radius 1 is 1.09 bits per heavy atom. The molecule has 0 saturated carbocycles. The minimum atomic E-state index is -3.63. The monoisotopic (exact) mass is 489 g/mol. The molecular weight excluding hydrogens is 466 g/mol. The van der Waals surface area contributed by atoms with Crippen LogP contribution >= 0.6 is 11.6 Å². The number of ether oxygens (including phenoxy) is 1. The van der Waals surface area contributed by atoms with Gasteiger partial charge in [0.2, 0.25) is 15.9 Å². The van der Waals surface area contributed by atoms with Gasteiger partial charge in [-0.1, -0.05) is 29.3 Å². The Balaban J connectivity index is 1.33. The number of benzene rings is 2. The lowest BCUT2D eigenvalue weighted by molar-refractivity contribution is -0.156. The van der Waals surface area contributed by atoms with E-state index in [0.29, 0.717) is 23.8 Å². The zero-order valence-electron chi connectivity index (χ0n) is 18.3. The number of piperidine rings is 1. The molecule has 0 spiro atoms. The molecule has 1 fully saturated rings. The third-order valence-electron chi connectivity index (χ3n) is 5.62. The number of carbonyl (C=O) groups is 1. The quantitative estimate of drug-likeness (QED) is 0.472. The van der Waals surface area contributed by atoms with Crippen LogP contribution in [-0.4, -0.2) is 42.0 Å². The second-order valence-corrected chi connectivity index (χ2v) is 10.4. The van der Waals surface area contributed by atoms with E-state index in [9.17, 15) is 13.2 Å². The van der Waals surface area contributed by atoms with Gasteiger partial charge in [-0.15, -0.1) is 10.2 Å². The lowest BCUT2D eigenvalue weighted by atomic mass is 9.98. The summed E-state index contributed by atoms with van der Waals surface area (Å²) in [6.07, 6.45) is 0.0354. The predicted octanol–water partition coefficient (Wildman–Crippen LogP) is 4.40. The van der Waals surface area contributed by atoms with Crippen molar-refractivity contribution in [2.24, 2.45) is 5.92 Å². The van der Waals surface area contributed by atoms with Gasteiger partial charge in [0.05, 0.1) is 10.8 Å². The molecular formula is C23H24ClN3O5S. The fourth-order valence-electron chi connectivity index (χ4n) is 3.62. The number of aryl methyl sites for hydroxylation is 1. The van der Waals surface area contributed by atoms with E-state index in [0.717, 1.165) is 11.1 Å². The lowest BCUT2D eigenvalue weighted by Gasteiger charge is -2.30. The van der Waals surface area contributed by atoms with Gasteiger partial charge in [0.15, 0.2) is 6.10 Å². The number of nitrogens with zero attached hydrogens (tertiary/aromatic N) is 3. The Bertz CT molecular complexity index is 1220. The molecule has 0 aliphatic carbocycles. The normalized spacial score (nSPS) is 16.5. The van der Waals surface area contributed by atoms with Gasteiger partial charge in [-0.25, -0.2) is 8.42 Å². The molecule has 1 aromatic heterocycles. The number of esters is 1. The Morgan fingerprint density at radius 3 is 2.36 bits per heavy atom. The number of aromatic nitrogens is 2. The lowest BCUT2D eigenvalue weighted by Crippen LogP contribution is -2.40. The molecule has 0 unspecified atom stereocenters. The highest BCUT2D eigenvalue weighted by atomic mass is 35.5. The standard InChI is InChI=1S/C23H24ClN3O5S/c1-15-3-5-17(6-4-15)22-26-25-21(32-22)16(2)31-23(28)18-11-13-27(14-12-18)33(29,30)20-9-7-19(24)8-10-20/h3-10,16,18H,11-14H2,1-2H3/t16-/m0/s1. The summed E-state index contributed by atoms with van der Waals surface area (Å²) in [4.78, 5) is 12.8. The first-order valence-corrected chi connectivity index (χ1v) is 12.4. The first-order valence-electron chi connectivity index (χ1n) is 10.6. The van der Waals surface area contributed by atoms with Crippen molar-refractivity contribution in [1.82, 2.24) is 14.5 Å². The minimum absolute atomic E-state index is 0.183. The van der Waals surface area contributed by atoms with Crippen LogP contribution in [0, 0.1) is 12.8 Å². The van der Waals surface area contributed by atoms with E-state index >= 15 is 0 Å². The molecule has 2 heterocycles. The molecule has 1 aliphatic heterocycles. The van der Waals surface area contributed by atoms with Crippen molar-refractivity contribution in [3.05, 3.63) is 65.0 Å². The summed E-state index contributed by atoms with van der Waals surface area (Å²) >= 11 is 5.85. The van der Waals surface area contributed by atoms with E-state index in [-0.39, 0.29) is 23.9 Å². The van der Waals surface area contributed by atoms with Crippen LogP contribution in [0.3, 0.4) is 0 Å². The van der Waals surface area contributed by atoms with Crippen molar-refractivity contribution >= 4 is 27.6 Å². The summed E-state index contributed by atoms with van der Waals surface area (Å²) in [5, 5.41) is 8.51. The van der Waals surface area contributed by atoms with Gasteiger partial charge in [-0.2, -0.15) is 4.31 Å². The second kappa shape index (κ2) is 9.62. The number of sulfonamides is 1. The molecule has 2 aromatic carbocycles. The van der Waals surface area contributed by atoms with E-state index in [1.165, 1.54) is 16.4 Å². The highest BCUT2D eigenvalue weighted by Gasteiger charge is 2.34. The van der Waals surface area contributed by atoms with E-state index < -0.39 is 28.0 Å². The first kappa shape index (κ1) is 23.4. The third kappa shape index (κ3) is 5.26. The highest BCUT2D eigenvalue weighted by Crippen LogP contribution is 2.28. The van der Waals surface area contributed by atoms with E-state index in [1.807, 2.05) is 31.2 Å². The van der Waals surface area contributed by atoms with Gasteiger partial charge >= 0.3 is 5.97 Å². The van der Waals surface area contributed by atoms with Crippen LogP contribution < -0.4 is 0 Å². The summed E-state index contributed by atoms with van der Waals surface area (Å²) in [5.74, 6) is -0.236. The van der Waals surface area contributed by atoms with Crippen LogP contribution in [-0.2, 0) is 19.6 Å². The van der Waals surface area contributed by atoms with Crippen LogP contribution in [0.15, 0.2) is 57.8 Å². The number of halogens is 1. The molecule has 0 radical (unpaired) electrons. The molecule has 1 aliphatic rings. The van der Waals surface area contributed by atoms with Crippen molar-refractivity contribution in [1.29, 1.82) is 0 Å². The van der Waals surface area contributed by atoms with Crippen LogP contribution in [0.1, 0.15) is 37.3 Å². The molecule has 0 bridgehead atoms. The molecule has 0 N–H and O–H groups in total. The van der Waals surface area contributed by atoms with Crippen LogP contribution in [0.5, 0.6) is 0 Å². The Morgan fingerprint density at radius 2 is 1.73 bits per heavy atom. The predicted molar refractivity (Wildman–Crippen MR) is 122 cm³/mol. The Labute approximate surface area is 197 Å². The molecule has 1 saturated heterocycles. The van der Waals surface area contributed by atoms with Crippen LogP contribution in [0.25, 0.3) is 11.5 Å². The SMILES string of the molecule is Cc1ccc(-c2nnc([C@H](C)OC(=O)C3CCN(S(=O)(=O)c4ccc(Cl)cc4)CC3)o2)cc1. The zero-order valence-corrected chi connectivity index (χ0v) is 19.8. The van der Waals surface area contributed by atoms with E-state index in [4.69, 9.17) is 20.8 Å². The summed E-state index contributed by atoms with van der Waals surface area (Å²) in [7, 11) is -3.63. The van der Waals surface area contributed by atoms with Crippen LogP contribution in [0.2, 0.25) is 5.02 Å². The van der Waals surface area contributed by atoms with Gasteiger partial charge in [-0.05, 0) is 63.1 Å². The van der Waals surface area contributed by atoms with Crippen molar-refractivity contribution < 1.29 is 22.4 Å². The molecule has 174 valence electrons. The molecule has 1 atom stereocenters. The topological polar surface area (TPSA) is 103 Å². The largest absolute Gasteiger partial charge is 0.452 e. The second-order valence-electron chi connectivity index (χ2n) is 8.02. The smallest absolute Gasteiger partial charge is 0.309 e. The Hall–Kier alpha value is -2.75. The first-order chi connectivity index (χ1) is 15.7. The molecule has 4 rings (SSSR count). The fourth-order valence-corrected chi connectivity index (χ4v) is 5.22. The van der Waals surface area contributed by atoms with Gasteiger partial charge in [0.25, 0.3) is 5.89 Å². The summed E-state index contributed by atoms with van der Waals surface area (Å²) < 4.78 is 38.2. The van der Waals surface area contributed by atoms with Crippen molar-refractivity contribution in [2.75, 3.05) is 13.1 Å². The molecule has 3 aromatic rings. The van der Waals surface area contributed by atoms with Gasteiger partial charge in [0, 0.05) is 23.7 Å². The van der Waals surface area contributed by atoms with E-state index in [1.54, 1.807) is 19.1 Å². The molecule has 0 amide bonds. The number of hydrogen-bond donors (Lipinski definition) is 0. The minimum Gasteiger partial charge on any atom is -0.452 e. The van der Waals surface area contributed by atoms with Crippen molar-refractivity contribution in [3.63, 3.8) is 0 Å². The van der Waals surface area contributed by atoms with E-state index in [2.05, 4.69) is 10.2 Å². The summed E-state index contributed by atoms with van der Waals surface area (Å²) in [5.41, 5.74) is 1.90. The van der Waals surface area contributed by atoms with Crippen molar-refractivity contribution in [3.8, 4) is 11.5 Å². The maximum Gasteiger partial charge on any atom is 0.309 e. The summed E-state index contributed by atoms with van der Waals surface area (Å²) in [6.45, 7) is 4.13. The number of hydrogen-bond acceptors (Lipinski definition) is 7. The number of rotatable bonds is 6. The van der Waals surface area contributed by atoms with Crippen LogP contribution in [0.4, 0.5) is 0 Å². The third-order valence-corrected chi connectivity index (χ3v) is 7.78. The van der Waals surface area contributed by atoms with Gasteiger partial charge in [-0.3, -0.25) is 4.79 Å². The van der Waals surface area contributed by atoms with Gasteiger partial charge in [0.1, 0.15) is 0 Å². The average molecular weight is 490 g/mol.